The van der Waals surface area contributed by atoms with Gasteiger partial charge in [0.1, 0.15) is 5.82 Å². The van der Waals surface area contributed by atoms with Crippen molar-refractivity contribution in [1.82, 2.24) is 34.9 Å². The number of benzene rings is 1. The van der Waals surface area contributed by atoms with E-state index < -0.39 is 6.09 Å². The van der Waals surface area contributed by atoms with Crippen molar-refractivity contribution in [3.63, 3.8) is 0 Å². The number of aromatic nitrogens is 6. The van der Waals surface area contributed by atoms with Gasteiger partial charge in [0.25, 0.3) is 0 Å². The van der Waals surface area contributed by atoms with Gasteiger partial charge < -0.3 is 25.6 Å². The normalized spacial score (nSPS) is 16.3. The highest BCUT2D eigenvalue weighted by molar-refractivity contribution is 9.10. The molecule has 1 aliphatic heterocycles. The maximum absolute atomic E-state index is 10.8. The number of hydrogen-bond donors (Lipinski definition) is 4. The van der Waals surface area contributed by atoms with Gasteiger partial charge in [-0.2, -0.15) is 19.6 Å². The van der Waals surface area contributed by atoms with E-state index in [1.807, 2.05) is 24.3 Å². The van der Waals surface area contributed by atoms with Crippen molar-refractivity contribution < 1.29 is 9.90 Å². The molecule has 0 radical (unpaired) electrons. The van der Waals surface area contributed by atoms with Crippen LogP contribution in [0.4, 0.5) is 16.7 Å². The number of imidazole rings is 1. The molecule has 1 fully saturated rings. The first-order valence-corrected chi connectivity index (χ1v) is 10.7. The second kappa shape index (κ2) is 8.02. The SMILES string of the molecule is O=C(O)NC[C@@H]1CCN(c2nc(NCc3nc4ccccc4[nH]3)n3ncc(Br)c3n2)C1. The second-order valence-electron chi connectivity index (χ2n) is 7.42. The summed E-state index contributed by atoms with van der Waals surface area (Å²) in [6.07, 6.45) is 1.55. The Labute approximate surface area is 185 Å². The summed E-state index contributed by atoms with van der Waals surface area (Å²) in [5.41, 5.74) is 2.55. The summed E-state index contributed by atoms with van der Waals surface area (Å²) in [5.74, 6) is 2.15. The van der Waals surface area contributed by atoms with E-state index >= 15 is 0 Å². The molecule has 0 aliphatic carbocycles. The highest BCUT2D eigenvalue weighted by Gasteiger charge is 2.26. The number of rotatable bonds is 6. The zero-order valence-corrected chi connectivity index (χ0v) is 18.0. The number of nitrogens with zero attached hydrogens (tertiary/aromatic N) is 6. The molecule has 1 atom stereocenters. The van der Waals surface area contributed by atoms with Gasteiger partial charge in [0, 0.05) is 19.6 Å². The minimum atomic E-state index is -1.00. The van der Waals surface area contributed by atoms with E-state index in [1.54, 1.807) is 10.7 Å². The Morgan fingerprint density at radius 2 is 2.16 bits per heavy atom. The maximum atomic E-state index is 10.8. The summed E-state index contributed by atoms with van der Waals surface area (Å²) in [7, 11) is 0. The van der Waals surface area contributed by atoms with Crippen LogP contribution in [0.1, 0.15) is 12.2 Å². The zero-order chi connectivity index (χ0) is 21.4. The van der Waals surface area contributed by atoms with Crippen molar-refractivity contribution in [3.8, 4) is 0 Å². The maximum Gasteiger partial charge on any atom is 0.404 e. The third kappa shape index (κ3) is 3.98. The highest BCUT2D eigenvalue weighted by atomic mass is 79.9. The second-order valence-corrected chi connectivity index (χ2v) is 8.27. The summed E-state index contributed by atoms with van der Waals surface area (Å²) >= 11 is 3.50. The summed E-state index contributed by atoms with van der Waals surface area (Å²) in [6.45, 7) is 2.31. The Morgan fingerprint density at radius 1 is 1.29 bits per heavy atom. The Bertz CT molecular complexity index is 1220. The number of anilines is 2. The Hall–Kier alpha value is -3.41. The molecule has 3 aromatic heterocycles. The number of hydrogen-bond acceptors (Lipinski definition) is 7. The van der Waals surface area contributed by atoms with Crippen LogP contribution in [0.3, 0.4) is 0 Å². The predicted molar refractivity (Wildman–Crippen MR) is 118 cm³/mol. The number of H-pyrrole nitrogens is 1. The summed E-state index contributed by atoms with van der Waals surface area (Å²) < 4.78 is 2.42. The zero-order valence-electron chi connectivity index (χ0n) is 16.4. The monoisotopic (exact) mass is 485 g/mol. The molecule has 1 aliphatic rings. The van der Waals surface area contributed by atoms with Crippen LogP contribution in [-0.4, -0.2) is 60.4 Å². The smallest absolute Gasteiger partial charge is 0.404 e. The summed E-state index contributed by atoms with van der Waals surface area (Å²) in [4.78, 5) is 30.1. The lowest BCUT2D eigenvalue weighted by molar-refractivity contribution is 0.192. The molecule has 5 rings (SSSR count). The lowest BCUT2D eigenvalue weighted by Crippen LogP contribution is -2.30. The Morgan fingerprint density at radius 3 is 3.00 bits per heavy atom. The topological polar surface area (TPSA) is 136 Å². The molecule has 1 saturated heterocycles. The molecular formula is C19H20BrN9O2. The van der Waals surface area contributed by atoms with Gasteiger partial charge in [-0.15, -0.1) is 0 Å². The molecule has 12 heteroatoms. The van der Waals surface area contributed by atoms with E-state index in [9.17, 15) is 4.79 Å². The first kappa shape index (κ1) is 19.5. The van der Waals surface area contributed by atoms with Gasteiger partial charge in [0.15, 0.2) is 5.65 Å². The molecule has 0 saturated carbocycles. The molecule has 11 nitrogen and oxygen atoms in total. The standard InChI is InChI=1S/C19H20BrN9O2/c20-12-8-23-29-16(12)26-18(28-6-5-11(10-28)7-22-19(30)31)27-17(29)21-9-15-24-13-3-1-2-4-14(13)25-15/h1-4,8,11,22H,5-7,9-10H2,(H,24,25)(H,30,31)(H,21,26,27)/t11-/m0/s1. The van der Waals surface area contributed by atoms with Crippen LogP contribution in [0, 0.1) is 5.92 Å². The van der Waals surface area contributed by atoms with Gasteiger partial charge in [-0.25, -0.2) is 9.78 Å². The van der Waals surface area contributed by atoms with E-state index in [2.05, 4.69) is 51.5 Å². The van der Waals surface area contributed by atoms with Crippen molar-refractivity contribution in [2.45, 2.75) is 13.0 Å². The molecule has 0 unspecified atom stereocenters. The molecular weight excluding hydrogens is 466 g/mol. The third-order valence-electron chi connectivity index (χ3n) is 5.28. The first-order chi connectivity index (χ1) is 15.1. The molecule has 31 heavy (non-hydrogen) atoms. The van der Waals surface area contributed by atoms with Gasteiger partial charge in [0.05, 0.1) is 28.2 Å². The van der Waals surface area contributed by atoms with Crippen molar-refractivity contribution in [2.75, 3.05) is 29.9 Å². The number of halogens is 1. The number of amides is 1. The van der Waals surface area contributed by atoms with Crippen LogP contribution in [0.25, 0.3) is 16.7 Å². The minimum Gasteiger partial charge on any atom is -0.465 e. The van der Waals surface area contributed by atoms with Gasteiger partial charge in [-0.1, -0.05) is 12.1 Å². The quantitative estimate of drug-likeness (QED) is 0.326. The van der Waals surface area contributed by atoms with Crippen molar-refractivity contribution in [3.05, 3.63) is 40.8 Å². The average molecular weight is 486 g/mol. The molecule has 4 heterocycles. The summed E-state index contributed by atoms with van der Waals surface area (Å²) in [5, 5.41) is 19.0. The van der Waals surface area contributed by atoms with Crippen LogP contribution < -0.4 is 15.5 Å². The number of carbonyl (C=O) groups is 1. The molecule has 160 valence electrons. The number of aromatic amines is 1. The molecule has 0 spiro atoms. The van der Waals surface area contributed by atoms with Gasteiger partial charge in [0.2, 0.25) is 11.9 Å². The number of fused-ring (bicyclic) bond motifs is 2. The predicted octanol–water partition coefficient (Wildman–Crippen LogP) is 2.47. The van der Waals surface area contributed by atoms with Gasteiger partial charge in [-0.3, -0.25) is 0 Å². The molecule has 0 bridgehead atoms. The number of para-hydroxylation sites is 2. The Balaban J connectivity index is 1.38. The van der Waals surface area contributed by atoms with Crippen LogP contribution in [0.15, 0.2) is 34.9 Å². The van der Waals surface area contributed by atoms with E-state index in [0.29, 0.717) is 37.2 Å². The lowest BCUT2D eigenvalue weighted by atomic mass is 10.1. The number of carboxylic acid groups (broad SMARTS) is 1. The molecule has 4 N–H and O–H groups in total. The average Bonchev–Trinajstić information content (AvgIpc) is 3.49. The fraction of sp³-hybridized carbons (Fsp3) is 0.316. The van der Waals surface area contributed by atoms with Crippen molar-refractivity contribution >= 4 is 50.6 Å². The van der Waals surface area contributed by atoms with E-state index in [4.69, 9.17) is 10.1 Å². The van der Waals surface area contributed by atoms with Crippen molar-refractivity contribution in [2.24, 2.45) is 5.92 Å². The number of nitrogens with one attached hydrogen (secondary N) is 3. The van der Waals surface area contributed by atoms with E-state index in [0.717, 1.165) is 34.3 Å². The largest absolute Gasteiger partial charge is 0.465 e. The van der Waals surface area contributed by atoms with Crippen LogP contribution >= 0.6 is 15.9 Å². The molecule has 4 aromatic rings. The van der Waals surface area contributed by atoms with Gasteiger partial charge in [-0.05, 0) is 40.4 Å². The fourth-order valence-electron chi connectivity index (χ4n) is 3.76. The van der Waals surface area contributed by atoms with Crippen LogP contribution in [0.5, 0.6) is 0 Å². The lowest BCUT2D eigenvalue weighted by Gasteiger charge is -2.18. The minimum absolute atomic E-state index is 0.219. The van der Waals surface area contributed by atoms with Crippen LogP contribution in [0.2, 0.25) is 0 Å². The highest BCUT2D eigenvalue weighted by Crippen LogP contribution is 2.25. The summed E-state index contributed by atoms with van der Waals surface area (Å²) in [6, 6.07) is 7.87. The molecule has 1 amide bonds. The Kier molecular flexibility index (Phi) is 5.06. The molecule has 1 aromatic carbocycles. The van der Waals surface area contributed by atoms with E-state index in [1.165, 1.54) is 0 Å². The van der Waals surface area contributed by atoms with Gasteiger partial charge >= 0.3 is 6.09 Å². The fourth-order valence-corrected chi connectivity index (χ4v) is 4.11. The third-order valence-corrected chi connectivity index (χ3v) is 5.84. The van der Waals surface area contributed by atoms with Crippen LogP contribution in [-0.2, 0) is 6.54 Å². The van der Waals surface area contributed by atoms with Crippen molar-refractivity contribution in [1.29, 1.82) is 0 Å². The first-order valence-electron chi connectivity index (χ1n) is 9.87. The van der Waals surface area contributed by atoms with E-state index in [-0.39, 0.29) is 5.92 Å².